The van der Waals surface area contributed by atoms with Gasteiger partial charge in [0.25, 0.3) is 0 Å². The van der Waals surface area contributed by atoms with E-state index < -0.39 is 0 Å². The first-order valence-electron chi connectivity index (χ1n) is 8.29. The van der Waals surface area contributed by atoms with Crippen LogP contribution in [-0.2, 0) is 4.74 Å². The maximum atomic E-state index is 11.8. The molecule has 1 amide bonds. The Morgan fingerprint density at radius 1 is 1.23 bits per heavy atom. The number of nitrogens with one attached hydrogen (secondary N) is 1. The third-order valence-electron chi connectivity index (χ3n) is 3.97. The first-order valence-corrected chi connectivity index (χ1v) is 9.05. The summed E-state index contributed by atoms with van der Waals surface area (Å²) in [6.07, 6.45) is 1.41. The van der Waals surface area contributed by atoms with Crippen molar-refractivity contribution in [1.29, 1.82) is 0 Å². The van der Waals surface area contributed by atoms with Gasteiger partial charge in [-0.15, -0.1) is 0 Å². The molecule has 0 unspecified atom stereocenters. The van der Waals surface area contributed by atoms with Gasteiger partial charge < -0.3 is 19.9 Å². The van der Waals surface area contributed by atoms with Gasteiger partial charge in [0.2, 0.25) is 5.95 Å². The van der Waals surface area contributed by atoms with E-state index in [1.807, 2.05) is 12.1 Å². The summed E-state index contributed by atoms with van der Waals surface area (Å²) in [5, 5.41) is 3.97. The Bertz CT molecular complexity index is 781. The number of carbonyl (C=O) groups excluding carboxylic acids is 1. The number of hydrogen-bond donors (Lipinski definition) is 1. The minimum absolute atomic E-state index is 0.271. The van der Waals surface area contributed by atoms with Crippen molar-refractivity contribution >= 4 is 46.7 Å². The fourth-order valence-electron chi connectivity index (χ4n) is 2.64. The Labute approximate surface area is 161 Å². The smallest absolute Gasteiger partial charge is 0.409 e. The maximum absolute atomic E-state index is 11.8. The number of benzene rings is 1. The average Bonchev–Trinajstić information content (AvgIpc) is 2.66. The molecule has 0 saturated carbocycles. The quantitative estimate of drug-likeness (QED) is 0.848. The Morgan fingerprint density at radius 2 is 2.00 bits per heavy atom. The SMILES string of the molecule is CCOC(=O)N1CCN(c2ccnc(Nc3cccc(Cl)c3Cl)n2)CC1. The minimum atomic E-state index is -0.271. The molecule has 1 fully saturated rings. The summed E-state index contributed by atoms with van der Waals surface area (Å²) in [5.74, 6) is 1.21. The van der Waals surface area contributed by atoms with Crippen molar-refractivity contribution < 1.29 is 9.53 Å². The zero-order valence-electron chi connectivity index (χ0n) is 14.3. The van der Waals surface area contributed by atoms with E-state index in [0.717, 1.165) is 5.82 Å². The number of aromatic nitrogens is 2. The number of piperazine rings is 1. The largest absolute Gasteiger partial charge is 0.450 e. The minimum Gasteiger partial charge on any atom is -0.450 e. The molecule has 1 aromatic carbocycles. The van der Waals surface area contributed by atoms with Gasteiger partial charge in [-0.3, -0.25) is 0 Å². The summed E-state index contributed by atoms with van der Waals surface area (Å²) in [5.41, 5.74) is 0.642. The predicted molar refractivity (Wildman–Crippen MR) is 103 cm³/mol. The van der Waals surface area contributed by atoms with Crippen molar-refractivity contribution in [3.63, 3.8) is 0 Å². The molecule has 1 aromatic heterocycles. The van der Waals surface area contributed by atoms with Crippen LogP contribution in [0.4, 0.5) is 22.2 Å². The van der Waals surface area contributed by atoms with E-state index in [2.05, 4.69) is 20.2 Å². The summed E-state index contributed by atoms with van der Waals surface area (Å²) in [6, 6.07) is 7.16. The van der Waals surface area contributed by atoms with Gasteiger partial charge in [-0.1, -0.05) is 29.3 Å². The van der Waals surface area contributed by atoms with Gasteiger partial charge in [-0.2, -0.15) is 4.98 Å². The zero-order chi connectivity index (χ0) is 18.5. The summed E-state index contributed by atoms with van der Waals surface area (Å²) in [6.45, 7) is 4.71. The summed E-state index contributed by atoms with van der Waals surface area (Å²) in [4.78, 5) is 24.4. The number of amides is 1. The van der Waals surface area contributed by atoms with Crippen LogP contribution < -0.4 is 10.2 Å². The van der Waals surface area contributed by atoms with Crippen LogP contribution in [0.2, 0.25) is 10.0 Å². The summed E-state index contributed by atoms with van der Waals surface area (Å²) in [7, 11) is 0. The third-order valence-corrected chi connectivity index (χ3v) is 4.79. The second kappa shape index (κ2) is 8.42. The number of rotatable bonds is 4. The molecule has 2 heterocycles. The second-order valence-corrected chi connectivity index (χ2v) is 6.42. The highest BCUT2D eigenvalue weighted by molar-refractivity contribution is 6.43. The van der Waals surface area contributed by atoms with Gasteiger partial charge >= 0.3 is 6.09 Å². The van der Waals surface area contributed by atoms with Gasteiger partial charge in [0.15, 0.2) is 0 Å². The number of ether oxygens (including phenoxy) is 1. The van der Waals surface area contributed by atoms with E-state index >= 15 is 0 Å². The van der Waals surface area contributed by atoms with Gasteiger partial charge in [-0.25, -0.2) is 9.78 Å². The maximum Gasteiger partial charge on any atom is 0.409 e. The van der Waals surface area contributed by atoms with Crippen LogP contribution in [0.3, 0.4) is 0 Å². The van der Waals surface area contributed by atoms with Crippen LogP contribution in [0.1, 0.15) is 6.92 Å². The number of carbonyl (C=O) groups is 1. The van der Waals surface area contributed by atoms with Gasteiger partial charge in [-0.05, 0) is 25.1 Å². The number of nitrogens with zero attached hydrogens (tertiary/aromatic N) is 4. The fraction of sp³-hybridized carbons (Fsp3) is 0.353. The highest BCUT2D eigenvalue weighted by atomic mass is 35.5. The van der Waals surface area contributed by atoms with E-state index in [0.29, 0.717) is 54.5 Å². The molecule has 138 valence electrons. The molecular weight excluding hydrogens is 377 g/mol. The molecule has 0 aliphatic carbocycles. The Hall–Kier alpha value is -2.25. The van der Waals surface area contributed by atoms with Gasteiger partial charge in [0, 0.05) is 32.4 Å². The standard InChI is InChI=1S/C17H19Cl2N5O2/c1-2-26-17(25)24-10-8-23(9-11-24)14-6-7-20-16(22-14)21-13-5-3-4-12(18)15(13)19/h3-7H,2,8-11H2,1H3,(H,20,21,22). The van der Waals surface area contributed by atoms with Gasteiger partial charge in [0.05, 0.1) is 22.3 Å². The molecule has 0 bridgehead atoms. The second-order valence-electron chi connectivity index (χ2n) is 5.64. The van der Waals surface area contributed by atoms with Crippen LogP contribution in [0.25, 0.3) is 0 Å². The lowest BCUT2D eigenvalue weighted by Gasteiger charge is -2.34. The fourth-order valence-corrected chi connectivity index (χ4v) is 2.99. The molecule has 1 saturated heterocycles. The van der Waals surface area contributed by atoms with E-state index in [-0.39, 0.29) is 6.09 Å². The average molecular weight is 396 g/mol. The molecule has 3 rings (SSSR count). The van der Waals surface area contributed by atoms with E-state index in [1.54, 1.807) is 30.2 Å². The van der Waals surface area contributed by atoms with Crippen molar-refractivity contribution in [2.75, 3.05) is 43.0 Å². The van der Waals surface area contributed by atoms with Crippen molar-refractivity contribution in [1.82, 2.24) is 14.9 Å². The lowest BCUT2D eigenvalue weighted by atomic mass is 10.3. The molecule has 0 radical (unpaired) electrons. The van der Waals surface area contributed by atoms with Crippen molar-refractivity contribution in [2.24, 2.45) is 0 Å². The third kappa shape index (κ3) is 4.28. The van der Waals surface area contributed by atoms with Crippen LogP contribution in [0.15, 0.2) is 30.5 Å². The molecule has 1 aliphatic heterocycles. The topological polar surface area (TPSA) is 70.6 Å². The van der Waals surface area contributed by atoms with E-state index in [4.69, 9.17) is 27.9 Å². The lowest BCUT2D eigenvalue weighted by molar-refractivity contribution is 0.105. The van der Waals surface area contributed by atoms with Crippen molar-refractivity contribution in [3.8, 4) is 0 Å². The van der Waals surface area contributed by atoms with Crippen LogP contribution in [0, 0.1) is 0 Å². The van der Waals surface area contributed by atoms with Crippen molar-refractivity contribution in [3.05, 3.63) is 40.5 Å². The number of anilines is 3. The Morgan fingerprint density at radius 3 is 2.73 bits per heavy atom. The van der Waals surface area contributed by atoms with Crippen molar-refractivity contribution in [2.45, 2.75) is 6.92 Å². The molecule has 0 spiro atoms. The summed E-state index contributed by atoms with van der Waals surface area (Å²) >= 11 is 12.2. The molecule has 7 nitrogen and oxygen atoms in total. The molecule has 1 N–H and O–H groups in total. The normalized spacial score (nSPS) is 14.3. The van der Waals surface area contributed by atoms with Crippen LogP contribution >= 0.6 is 23.2 Å². The molecule has 1 aliphatic rings. The molecule has 2 aromatic rings. The van der Waals surface area contributed by atoms with E-state index in [9.17, 15) is 4.79 Å². The molecule has 9 heteroatoms. The summed E-state index contributed by atoms with van der Waals surface area (Å²) < 4.78 is 5.04. The van der Waals surface area contributed by atoms with E-state index in [1.165, 1.54) is 0 Å². The first kappa shape index (κ1) is 18.5. The highest BCUT2D eigenvalue weighted by Gasteiger charge is 2.22. The Kier molecular flexibility index (Phi) is 6.00. The zero-order valence-corrected chi connectivity index (χ0v) is 15.8. The Balaban J connectivity index is 1.67. The lowest BCUT2D eigenvalue weighted by Crippen LogP contribution is -2.49. The molecule has 0 atom stereocenters. The van der Waals surface area contributed by atoms with Crippen LogP contribution in [0.5, 0.6) is 0 Å². The molecular formula is C17H19Cl2N5O2. The predicted octanol–water partition coefficient (Wildman–Crippen LogP) is 3.81. The number of hydrogen-bond acceptors (Lipinski definition) is 6. The monoisotopic (exact) mass is 395 g/mol. The highest BCUT2D eigenvalue weighted by Crippen LogP contribution is 2.31. The number of halogens is 2. The first-order chi connectivity index (χ1) is 12.6. The van der Waals surface area contributed by atoms with Crippen LogP contribution in [-0.4, -0.2) is 53.7 Å². The molecule has 26 heavy (non-hydrogen) atoms. The van der Waals surface area contributed by atoms with Gasteiger partial charge in [0.1, 0.15) is 5.82 Å².